The minimum absolute atomic E-state index is 0.0688. The van der Waals surface area contributed by atoms with E-state index in [9.17, 15) is 14.3 Å². The first-order chi connectivity index (χ1) is 9.99. The molecule has 0 aromatic heterocycles. The molecular formula is C17H24FNO2. The first kappa shape index (κ1) is 16.0. The normalized spacial score (nSPS) is 17.0. The van der Waals surface area contributed by atoms with Gasteiger partial charge in [-0.25, -0.2) is 4.39 Å². The molecule has 1 fully saturated rings. The Bertz CT molecular complexity index is 508. The molecule has 1 N–H and O–H groups in total. The molecule has 4 heteroatoms. The lowest BCUT2D eigenvalue weighted by Gasteiger charge is -2.27. The molecule has 0 heterocycles. The molecule has 0 spiro atoms. The van der Waals surface area contributed by atoms with E-state index in [0.29, 0.717) is 18.2 Å². The lowest BCUT2D eigenvalue weighted by molar-refractivity contribution is 0.101. The first-order valence-electron chi connectivity index (χ1n) is 7.71. The van der Waals surface area contributed by atoms with Crippen molar-refractivity contribution in [3.63, 3.8) is 0 Å². The monoisotopic (exact) mass is 293 g/mol. The van der Waals surface area contributed by atoms with Crippen LogP contribution in [0.2, 0.25) is 0 Å². The van der Waals surface area contributed by atoms with Gasteiger partial charge in [0.05, 0.1) is 5.56 Å². The van der Waals surface area contributed by atoms with Gasteiger partial charge in [0.2, 0.25) is 0 Å². The van der Waals surface area contributed by atoms with E-state index in [2.05, 4.69) is 4.90 Å². The first-order valence-corrected chi connectivity index (χ1v) is 7.71. The topological polar surface area (TPSA) is 40.5 Å². The highest BCUT2D eigenvalue weighted by molar-refractivity contribution is 5.97. The van der Waals surface area contributed by atoms with E-state index in [0.717, 1.165) is 18.9 Å². The molecule has 0 saturated heterocycles. The summed E-state index contributed by atoms with van der Waals surface area (Å²) in [5, 5.41) is 10.2. The molecule has 2 rings (SSSR count). The van der Waals surface area contributed by atoms with Crippen molar-refractivity contribution in [1.29, 1.82) is 0 Å². The maximum atomic E-state index is 13.6. The number of rotatable bonds is 4. The van der Waals surface area contributed by atoms with Gasteiger partial charge in [-0.3, -0.25) is 9.69 Å². The summed E-state index contributed by atoms with van der Waals surface area (Å²) in [4.78, 5) is 13.6. The van der Waals surface area contributed by atoms with Crippen LogP contribution in [0.1, 0.15) is 61.4 Å². The molecule has 1 saturated carbocycles. The van der Waals surface area contributed by atoms with Crippen molar-refractivity contribution < 1.29 is 14.3 Å². The standard InChI is InChI=1S/C17H24FNO2/c1-12(20)16-10-14(18)9-13(17(16)21)11-19(2)15-7-5-3-4-6-8-15/h9-10,15,21H,3-8,11H2,1-2H3. The molecule has 0 aliphatic heterocycles. The quantitative estimate of drug-likeness (QED) is 0.676. The Morgan fingerprint density at radius 3 is 2.48 bits per heavy atom. The maximum absolute atomic E-state index is 13.6. The minimum Gasteiger partial charge on any atom is -0.507 e. The van der Waals surface area contributed by atoms with Gasteiger partial charge >= 0.3 is 0 Å². The fourth-order valence-corrected chi connectivity index (χ4v) is 3.14. The van der Waals surface area contributed by atoms with Crippen molar-refractivity contribution in [1.82, 2.24) is 4.90 Å². The minimum atomic E-state index is -0.470. The number of halogens is 1. The van der Waals surface area contributed by atoms with Gasteiger partial charge in [-0.2, -0.15) is 0 Å². The molecule has 0 unspecified atom stereocenters. The molecule has 3 nitrogen and oxygen atoms in total. The van der Waals surface area contributed by atoms with Crippen LogP contribution in [0.3, 0.4) is 0 Å². The maximum Gasteiger partial charge on any atom is 0.163 e. The van der Waals surface area contributed by atoms with Gasteiger partial charge in [0.25, 0.3) is 0 Å². The van der Waals surface area contributed by atoms with Crippen LogP contribution >= 0.6 is 0 Å². The summed E-state index contributed by atoms with van der Waals surface area (Å²) in [6, 6.07) is 2.90. The summed E-state index contributed by atoms with van der Waals surface area (Å²) in [6.45, 7) is 1.81. The van der Waals surface area contributed by atoms with Gasteiger partial charge in [0.1, 0.15) is 11.6 Å². The number of nitrogens with zero attached hydrogens (tertiary/aromatic N) is 1. The highest BCUT2D eigenvalue weighted by atomic mass is 19.1. The average Bonchev–Trinajstić information content (AvgIpc) is 2.71. The van der Waals surface area contributed by atoms with Gasteiger partial charge in [0.15, 0.2) is 5.78 Å². The van der Waals surface area contributed by atoms with Gasteiger partial charge in [-0.05, 0) is 38.9 Å². The smallest absolute Gasteiger partial charge is 0.163 e. The number of phenolic OH excluding ortho intramolecular Hbond substituents is 1. The van der Waals surface area contributed by atoms with Crippen molar-refractivity contribution in [3.05, 3.63) is 29.1 Å². The Morgan fingerprint density at radius 2 is 1.90 bits per heavy atom. The third-order valence-corrected chi connectivity index (χ3v) is 4.40. The van der Waals surface area contributed by atoms with Crippen molar-refractivity contribution in [2.24, 2.45) is 0 Å². The highest BCUT2D eigenvalue weighted by Gasteiger charge is 2.20. The second-order valence-corrected chi connectivity index (χ2v) is 6.08. The van der Waals surface area contributed by atoms with Crippen LogP contribution in [-0.2, 0) is 6.54 Å². The zero-order valence-corrected chi connectivity index (χ0v) is 12.9. The largest absolute Gasteiger partial charge is 0.507 e. The Hall–Kier alpha value is -1.42. The summed E-state index contributed by atoms with van der Waals surface area (Å²) in [5.41, 5.74) is 0.561. The van der Waals surface area contributed by atoms with Gasteiger partial charge < -0.3 is 5.11 Å². The molecule has 0 amide bonds. The van der Waals surface area contributed by atoms with Crippen molar-refractivity contribution in [2.45, 2.75) is 58.0 Å². The number of ketones is 1. The SMILES string of the molecule is CC(=O)c1cc(F)cc(CN(C)C2CCCCCC2)c1O. The van der Waals surface area contributed by atoms with Crippen LogP contribution in [0.15, 0.2) is 12.1 Å². The lowest BCUT2D eigenvalue weighted by Crippen LogP contribution is -2.30. The number of phenols is 1. The molecule has 0 radical (unpaired) electrons. The molecule has 0 atom stereocenters. The predicted molar refractivity (Wildman–Crippen MR) is 81.0 cm³/mol. The summed E-state index contributed by atoms with van der Waals surface area (Å²) >= 11 is 0. The predicted octanol–water partition coefficient (Wildman–Crippen LogP) is 3.89. The van der Waals surface area contributed by atoms with Crippen LogP contribution in [-0.4, -0.2) is 28.9 Å². The molecule has 0 bridgehead atoms. The van der Waals surface area contributed by atoms with Gasteiger partial charge in [0, 0.05) is 18.2 Å². The molecule has 1 aliphatic carbocycles. The van der Waals surface area contributed by atoms with Crippen LogP contribution in [0.5, 0.6) is 5.75 Å². The van der Waals surface area contributed by atoms with E-state index < -0.39 is 5.82 Å². The lowest BCUT2D eigenvalue weighted by atomic mass is 10.0. The van der Waals surface area contributed by atoms with Crippen LogP contribution in [0.25, 0.3) is 0 Å². The molecule has 116 valence electrons. The van der Waals surface area contributed by atoms with E-state index in [1.54, 1.807) is 0 Å². The number of hydrogen-bond acceptors (Lipinski definition) is 3. The molecule has 1 aromatic rings. The average molecular weight is 293 g/mol. The molecule has 21 heavy (non-hydrogen) atoms. The van der Waals surface area contributed by atoms with E-state index in [4.69, 9.17) is 0 Å². The second kappa shape index (κ2) is 7.03. The summed E-state index contributed by atoms with van der Waals surface area (Å²) in [5.74, 6) is -0.864. The molecule has 1 aliphatic rings. The number of benzene rings is 1. The van der Waals surface area contributed by atoms with Gasteiger partial charge in [-0.1, -0.05) is 25.7 Å². The number of Topliss-reactive ketones (excluding diaryl/α,β-unsaturated/α-hetero) is 1. The summed E-state index contributed by atoms with van der Waals surface area (Å²) < 4.78 is 13.6. The Balaban J connectivity index is 2.16. The molecule has 1 aromatic carbocycles. The van der Waals surface area contributed by atoms with E-state index >= 15 is 0 Å². The van der Waals surface area contributed by atoms with E-state index in [1.807, 2.05) is 7.05 Å². The number of carbonyl (C=O) groups excluding carboxylic acids is 1. The highest BCUT2D eigenvalue weighted by Crippen LogP contribution is 2.28. The number of carbonyl (C=O) groups is 1. The Morgan fingerprint density at radius 1 is 1.29 bits per heavy atom. The van der Waals surface area contributed by atoms with E-state index in [1.165, 1.54) is 38.7 Å². The molecular weight excluding hydrogens is 269 g/mol. The van der Waals surface area contributed by atoms with Crippen LogP contribution < -0.4 is 0 Å². The van der Waals surface area contributed by atoms with Crippen molar-refractivity contribution in [3.8, 4) is 5.75 Å². The number of hydrogen-bond donors (Lipinski definition) is 1. The Kier molecular flexibility index (Phi) is 5.34. The van der Waals surface area contributed by atoms with Gasteiger partial charge in [-0.15, -0.1) is 0 Å². The zero-order chi connectivity index (χ0) is 15.4. The van der Waals surface area contributed by atoms with Crippen molar-refractivity contribution >= 4 is 5.78 Å². The third-order valence-electron chi connectivity index (χ3n) is 4.40. The van der Waals surface area contributed by atoms with E-state index in [-0.39, 0.29) is 17.1 Å². The second-order valence-electron chi connectivity index (χ2n) is 6.08. The fraction of sp³-hybridized carbons (Fsp3) is 0.588. The number of aromatic hydroxyl groups is 1. The summed E-state index contributed by atoms with van der Waals surface area (Å²) in [7, 11) is 2.01. The van der Waals surface area contributed by atoms with Crippen LogP contribution in [0, 0.1) is 5.82 Å². The summed E-state index contributed by atoms with van der Waals surface area (Å²) in [6.07, 6.45) is 7.30. The fourth-order valence-electron chi connectivity index (χ4n) is 3.14. The zero-order valence-electron chi connectivity index (χ0n) is 12.9. The van der Waals surface area contributed by atoms with Crippen molar-refractivity contribution in [2.75, 3.05) is 7.05 Å². The van der Waals surface area contributed by atoms with Crippen LogP contribution in [0.4, 0.5) is 4.39 Å². The Labute approximate surface area is 125 Å². The third kappa shape index (κ3) is 4.03.